The lowest BCUT2D eigenvalue weighted by molar-refractivity contribution is -0.274. The normalized spacial score (nSPS) is 20.0. The number of anilines is 2. The molecule has 0 bridgehead atoms. The monoisotopic (exact) mass is 460 g/mol. The number of urea groups is 1. The lowest BCUT2D eigenvalue weighted by Gasteiger charge is -2.31. The van der Waals surface area contributed by atoms with Gasteiger partial charge in [-0.3, -0.25) is 9.78 Å². The molecule has 0 unspecified atom stereocenters. The molecule has 0 radical (unpaired) electrons. The minimum atomic E-state index is -4.81. The third-order valence-electron chi connectivity index (χ3n) is 6.50. The third kappa shape index (κ3) is 3.98. The number of halogens is 3. The second-order valence-corrected chi connectivity index (χ2v) is 8.63. The lowest BCUT2D eigenvalue weighted by Crippen LogP contribution is -2.37. The second-order valence-electron chi connectivity index (χ2n) is 8.63. The van der Waals surface area contributed by atoms with E-state index >= 15 is 0 Å². The van der Waals surface area contributed by atoms with E-state index in [1.165, 1.54) is 18.6 Å². The van der Waals surface area contributed by atoms with Crippen LogP contribution < -0.4 is 14.5 Å². The van der Waals surface area contributed by atoms with Crippen LogP contribution in [-0.2, 0) is 11.3 Å². The van der Waals surface area contributed by atoms with Crippen LogP contribution in [-0.4, -0.2) is 46.8 Å². The van der Waals surface area contributed by atoms with Crippen molar-refractivity contribution in [2.75, 3.05) is 22.9 Å². The van der Waals surface area contributed by atoms with Crippen LogP contribution >= 0.6 is 0 Å². The number of piperidine rings is 1. The topological polar surface area (TPSA) is 66.0 Å². The van der Waals surface area contributed by atoms with Gasteiger partial charge in [0.25, 0.3) is 5.91 Å². The first-order chi connectivity index (χ1) is 15.8. The molecular weight excluding hydrogens is 437 g/mol. The molecule has 5 rings (SSSR count). The van der Waals surface area contributed by atoms with E-state index in [1.54, 1.807) is 17.3 Å². The van der Waals surface area contributed by atoms with Crippen molar-refractivity contribution in [2.24, 2.45) is 0 Å². The zero-order valence-electron chi connectivity index (χ0n) is 17.8. The summed E-state index contributed by atoms with van der Waals surface area (Å²) in [5.41, 5.74) is 1.23. The van der Waals surface area contributed by atoms with Crippen LogP contribution in [0.25, 0.3) is 0 Å². The van der Waals surface area contributed by atoms with Crippen molar-refractivity contribution in [3.8, 4) is 5.75 Å². The molecule has 3 heterocycles. The molecule has 2 aliphatic heterocycles. The molecule has 10 heteroatoms. The van der Waals surface area contributed by atoms with E-state index in [1.807, 2.05) is 6.07 Å². The van der Waals surface area contributed by atoms with E-state index < -0.39 is 23.7 Å². The molecule has 33 heavy (non-hydrogen) atoms. The Hall–Kier alpha value is -3.30. The Morgan fingerprint density at radius 2 is 1.70 bits per heavy atom. The summed E-state index contributed by atoms with van der Waals surface area (Å²) in [6, 6.07) is 6.20. The summed E-state index contributed by atoms with van der Waals surface area (Å²) in [4.78, 5) is 35.8. The van der Waals surface area contributed by atoms with Gasteiger partial charge in [-0.1, -0.05) is 0 Å². The van der Waals surface area contributed by atoms with Gasteiger partial charge in [0.2, 0.25) is 0 Å². The molecule has 7 nitrogen and oxygen atoms in total. The molecule has 1 aromatic heterocycles. The minimum Gasteiger partial charge on any atom is -0.406 e. The predicted molar refractivity (Wildman–Crippen MR) is 114 cm³/mol. The SMILES string of the molecule is O=C1N(c2ccc(OC(F)(F)F)cc2)C(=O)C2(CC2)N1Cc1ccncc1N1CCCCC1. The van der Waals surface area contributed by atoms with E-state index in [0.717, 1.165) is 54.2 Å². The Morgan fingerprint density at radius 3 is 2.33 bits per heavy atom. The Morgan fingerprint density at radius 1 is 1.00 bits per heavy atom. The number of rotatable bonds is 5. The number of pyridine rings is 1. The molecule has 1 spiro atoms. The third-order valence-corrected chi connectivity index (χ3v) is 6.50. The van der Waals surface area contributed by atoms with Gasteiger partial charge in [-0.15, -0.1) is 13.2 Å². The fraction of sp³-hybridized carbons (Fsp3) is 0.435. The number of carbonyl (C=O) groups excluding carboxylic acids is 2. The summed E-state index contributed by atoms with van der Waals surface area (Å²) in [6.45, 7) is 2.12. The molecular formula is C23H23F3N4O3. The molecule has 2 aromatic rings. The van der Waals surface area contributed by atoms with E-state index in [2.05, 4.69) is 14.6 Å². The first kappa shape index (κ1) is 21.5. The summed E-state index contributed by atoms with van der Waals surface area (Å²) < 4.78 is 41.2. The Kier molecular flexibility index (Phi) is 5.18. The van der Waals surface area contributed by atoms with Gasteiger partial charge in [0.05, 0.1) is 24.1 Å². The van der Waals surface area contributed by atoms with E-state index in [4.69, 9.17) is 0 Å². The number of aromatic nitrogens is 1. The number of hydrogen-bond donors (Lipinski definition) is 0. The van der Waals surface area contributed by atoms with E-state index in [-0.39, 0.29) is 18.1 Å². The maximum Gasteiger partial charge on any atom is 0.573 e. The van der Waals surface area contributed by atoms with Gasteiger partial charge in [-0.05, 0) is 68.0 Å². The minimum absolute atomic E-state index is 0.222. The quantitative estimate of drug-likeness (QED) is 0.616. The Balaban J connectivity index is 1.40. The van der Waals surface area contributed by atoms with Crippen LogP contribution in [0.2, 0.25) is 0 Å². The average Bonchev–Trinajstić information content (AvgIpc) is 3.57. The lowest BCUT2D eigenvalue weighted by atomic mass is 10.1. The smallest absolute Gasteiger partial charge is 0.406 e. The van der Waals surface area contributed by atoms with Crippen molar-refractivity contribution in [1.82, 2.24) is 9.88 Å². The number of amides is 3. The second kappa shape index (κ2) is 7.93. The fourth-order valence-corrected chi connectivity index (χ4v) is 4.70. The van der Waals surface area contributed by atoms with Crippen molar-refractivity contribution in [3.63, 3.8) is 0 Å². The first-order valence-electron chi connectivity index (χ1n) is 11.0. The van der Waals surface area contributed by atoms with E-state index in [0.29, 0.717) is 12.8 Å². The van der Waals surface area contributed by atoms with Crippen molar-refractivity contribution in [1.29, 1.82) is 0 Å². The summed E-state index contributed by atoms with van der Waals surface area (Å²) in [6.07, 6.45) is 3.19. The molecule has 0 atom stereocenters. The van der Waals surface area contributed by atoms with Crippen LogP contribution in [0.5, 0.6) is 5.75 Å². The van der Waals surface area contributed by atoms with Crippen LogP contribution in [0.1, 0.15) is 37.7 Å². The first-order valence-corrected chi connectivity index (χ1v) is 11.0. The summed E-state index contributed by atoms with van der Waals surface area (Å²) >= 11 is 0. The Bertz CT molecular complexity index is 1060. The number of hydrogen-bond acceptors (Lipinski definition) is 5. The summed E-state index contributed by atoms with van der Waals surface area (Å²) in [7, 11) is 0. The van der Waals surface area contributed by atoms with Crippen LogP contribution in [0.15, 0.2) is 42.7 Å². The average molecular weight is 460 g/mol. The molecule has 3 fully saturated rings. The maximum atomic E-state index is 13.4. The molecule has 3 aliphatic rings. The highest BCUT2D eigenvalue weighted by Crippen LogP contribution is 2.50. The maximum absolute atomic E-state index is 13.4. The number of imide groups is 1. The molecule has 1 aromatic carbocycles. The largest absolute Gasteiger partial charge is 0.573 e. The number of benzene rings is 1. The van der Waals surface area contributed by atoms with Crippen molar-refractivity contribution >= 4 is 23.3 Å². The van der Waals surface area contributed by atoms with Gasteiger partial charge < -0.3 is 14.5 Å². The van der Waals surface area contributed by atoms with Gasteiger partial charge in [0.15, 0.2) is 0 Å². The highest BCUT2D eigenvalue weighted by atomic mass is 19.4. The standard InChI is InChI=1S/C23H23F3N4O3/c24-23(25,26)33-18-6-4-17(5-7-18)30-20(31)22(9-10-22)29(21(30)32)15-16-8-11-27-14-19(16)28-12-2-1-3-13-28/h4-8,11,14H,1-3,9-10,12-13,15H2. The van der Waals surface area contributed by atoms with Crippen molar-refractivity contribution < 1.29 is 27.5 Å². The number of alkyl halides is 3. The van der Waals surface area contributed by atoms with Crippen molar-refractivity contribution in [2.45, 2.75) is 50.6 Å². The predicted octanol–water partition coefficient (Wildman–Crippen LogP) is 4.47. The van der Waals surface area contributed by atoms with Crippen LogP contribution in [0.4, 0.5) is 29.3 Å². The number of carbonyl (C=O) groups is 2. The van der Waals surface area contributed by atoms with Gasteiger partial charge in [0, 0.05) is 19.3 Å². The number of ether oxygens (including phenoxy) is 1. The highest BCUT2D eigenvalue weighted by Gasteiger charge is 2.65. The zero-order chi connectivity index (χ0) is 23.2. The highest BCUT2D eigenvalue weighted by molar-refractivity contribution is 6.24. The van der Waals surface area contributed by atoms with Gasteiger partial charge >= 0.3 is 12.4 Å². The van der Waals surface area contributed by atoms with Crippen LogP contribution in [0, 0.1) is 0 Å². The van der Waals surface area contributed by atoms with E-state index in [9.17, 15) is 22.8 Å². The number of nitrogens with zero attached hydrogens (tertiary/aromatic N) is 4. The summed E-state index contributed by atoms with van der Waals surface area (Å²) in [5, 5.41) is 0. The molecule has 1 saturated carbocycles. The molecule has 2 saturated heterocycles. The molecule has 0 N–H and O–H groups in total. The van der Waals surface area contributed by atoms with Gasteiger partial charge in [-0.2, -0.15) is 0 Å². The van der Waals surface area contributed by atoms with Gasteiger partial charge in [0.1, 0.15) is 11.3 Å². The molecule has 3 amide bonds. The Labute approximate surface area is 188 Å². The van der Waals surface area contributed by atoms with Gasteiger partial charge in [-0.25, -0.2) is 9.69 Å². The van der Waals surface area contributed by atoms with Crippen LogP contribution in [0.3, 0.4) is 0 Å². The summed E-state index contributed by atoms with van der Waals surface area (Å²) in [5.74, 6) is -0.753. The molecule has 174 valence electrons. The molecule has 1 aliphatic carbocycles. The van der Waals surface area contributed by atoms with Crippen molar-refractivity contribution in [3.05, 3.63) is 48.3 Å². The zero-order valence-corrected chi connectivity index (χ0v) is 17.8. The fourth-order valence-electron chi connectivity index (χ4n) is 4.70.